The highest BCUT2D eigenvalue weighted by molar-refractivity contribution is 7.85. The summed E-state index contributed by atoms with van der Waals surface area (Å²) in [7, 11) is -4.58. The van der Waals surface area contributed by atoms with Crippen LogP contribution in [0.4, 0.5) is 13.2 Å². The topological polar surface area (TPSA) is 92.7 Å². The molecule has 0 saturated heterocycles. The maximum absolute atomic E-state index is 13.6. The average molecular weight is 447 g/mol. The lowest BCUT2D eigenvalue weighted by atomic mass is 9.79. The molecule has 0 heterocycles. The molecule has 2 saturated carbocycles. The number of alkyl halides is 3. The minimum atomic E-state index is -4.71. The fourth-order valence-electron chi connectivity index (χ4n) is 4.50. The summed E-state index contributed by atoms with van der Waals surface area (Å²) in [6, 6.07) is 2.61. The number of rotatable bonds is 7. The molecule has 2 aliphatic rings. The predicted molar refractivity (Wildman–Crippen MR) is 99.9 cm³/mol. The van der Waals surface area contributed by atoms with Crippen LogP contribution in [0, 0.1) is 11.8 Å². The molecule has 6 nitrogen and oxygen atoms in total. The Hall–Kier alpha value is -2.07. The molecule has 30 heavy (non-hydrogen) atoms. The van der Waals surface area contributed by atoms with Gasteiger partial charge in [0.05, 0.1) is 27.0 Å². The van der Waals surface area contributed by atoms with E-state index in [0.29, 0.717) is 17.9 Å². The van der Waals surface area contributed by atoms with Crippen LogP contribution in [-0.2, 0) is 21.0 Å². The van der Waals surface area contributed by atoms with E-state index in [1.165, 1.54) is 0 Å². The highest BCUT2D eigenvalue weighted by atomic mass is 32.2. The molecule has 1 aromatic carbocycles. The molecule has 2 bridgehead atoms. The third-order valence-electron chi connectivity index (χ3n) is 5.90. The van der Waals surface area contributed by atoms with Gasteiger partial charge in [-0.25, -0.2) is 13.2 Å². The van der Waals surface area contributed by atoms with E-state index >= 15 is 0 Å². The smallest absolute Gasteiger partial charge is 0.419 e. The van der Waals surface area contributed by atoms with Crippen LogP contribution in [0.3, 0.4) is 0 Å². The largest absolute Gasteiger partial charge is 0.748 e. The summed E-state index contributed by atoms with van der Waals surface area (Å²) in [5.41, 5.74) is -1.55. The lowest BCUT2D eigenvalue weighted by Crippen LogP contribution is -2.43. The third kappa shape index (κ3) is 4.64. The van der Waals surface area contributed by atoms with Crippen molar-refractivity contribution in [3.05, 3.63) is 41.5 Å². The van der Waals surface area contributed by atoms with Gasteiger partial charge >= 0.3 is 12.1 Å². The summed E-state index contributed by atoms with van der Waals surface area (Å²) in [5, 5.41) is 0. The molecule has 2 fully saturated rings. The highest BCUT2D eigenvalue weighted by Crippen LogP contribution is 2.56. The zero-order valence-electron chi connectivity index (χ0n) is 16.3. The van der Waals surface area contributed by atoms with E-state index in [4.69, 9.17) is 9.47 Å². The molecule has 2 aliphatic carbocycles. The number of hydrogen-bond acceptors (Lipinski definition) is 6. The van der Waals surface area contributed by atoms with Crippen LogP contribution in [-0.4, -0.2) is 36.9 Å². The van der Waals surface area contributed by atoms with Gasteiger partial charge in [0.15, 0.2) is 0 Å². The van der Waals surface area contributed by atoms with Crippen molar-refractivity contribution in [2.75, 3.05) is 12.4 Å². The SMILES string of the molecule is C=C(C)C1(Oc2cc(C(=O)OCCS(=O)(=O)[O-])ccc2C(F)(F)F)CC2CCC1C2. The molecule has 10 heteroatoms. The second-order valence-electron chi connectivity index (χ2n) is 7.96. The van der Waals surface area contributed by atoms with Crippen molar-refractivity contribution in [1.29, 1.82) is 0 Å². The maximum atomic E-state index is 13.6. The number of carbonyl (C=O) groups excluding carboxylic acids is 1. The molecule has 3 atom stereocenters. The number of halogens is 3. The normalized spacial score (nSPS) is 25.9. The molecule has 0 aliphatic heterocycles. The number of hydrogen-bond donors (Lipinski definition) is 0. The standard InChI is InChI=1S/C20H23F3O6S/c1-12(2)19(11-13-3-5-15(19)9-13)29-17-10-14(4-6-16(17)20(21,22)23)18(24)28-7-8-30(25,26)27/h4,6,10,13,15H,1,3,5,7-9,11H2,2H3,(H,25,26,27)/p-1. The van der Waals surface area contributed by atoms with Crippen LogP contribution < -0.4 is 4.74 Å². The zero-order chi connectivity index (χ0) is 22.3. The summed E-state index contributed by atoms with van der Waals surface area (Å²) in [6.07, 6.45) is -1.43. The molecule has 0 N–H and O–H groups in total. The molecule has 0 amide bonds. The van der Waals surface area contributed by atoms with E-state index in [9.17, 15) is 30.9 Å². The molecule has 1 aromatic rings. The van der Waals surface area contributed by atoms with Crippen molar-refractivity contribution in [3.63, 3.8) is 0 Å². The Bertz CT molecular complexity index is 956. The van der Waals surface area contributed by atoms with Crippen molar-refractivity contribution in [3.8, 4) is 5.75 Å². The minimum Gasteiger partial charge on any atom is -0.748 e. The van der Waals surface area contributed by atoms with E-state index < -0.39 is 51.5 Å². The Morgan fingerprint density at radius 2 is 2.03 bits per heavy atom. The van der Waals surface area contributed by atoms with Gasteiger partial charge in [-0.15, -0.1) is 0 Å². The molecule has 3 rings (SSSR count). The Morgan fingerprint density at radius 3 is 2.53 bits per heavy atom. The summed E-state index contributed by atoms with van der Waals surface area (Å²) in [6.45, 7) is 4.99. The van der Waals surface area contributed by atoms with Crippen LogP contribution in [0.2, 0.25) is 0 Å². The van der Waals surface area contributed by atoms with Crippen molar-refractivity contribution in [1.82, 2.24) is 0 Å². The Labute approximate surface area is 172 Å². The summed E-state index contributed by atoms with van der Waals surface area (Å²) in [4.78, 5) is 12.1. The molecular formula is C20H22F3O6S-. The molecule has 166 valence electrons. The van der Waals surface area contributed by atoms with Gasteiger partial charge in [-0.1, -0.05) is 6.58 Å². The van der Waals surface area contributed by atoms with Crippen LogP contribution in [0.25, 0.3) is 0 Å². The van der Waals surface area contributed by atoms with Gasteiger partial charge < -0.3 is 14.0 Å². The van der Waals surface area contributed by atoms with Gasteiger partial charge in [0.25, 0.3) is 0 Å². The van der Waals surface area contributed by atoms with Gasteiger partial charge in [0.2, 0.25) is 0 Å². The summed E-state index contributed by atoms with van der Waals surface area (Å²) in [5.74, 6) is -2.05. The minimum absolute atomic E-state index is 0.0546. The lowest BCUT2D eigenvalue weighted by Gasteiger charge is -2.39. The van der Waals surface area contributed by atoms with E-state index in [1.807, 2.05) is 0 Å². The third-order valence-corrected chi connectivity index (χ3v) is 6.56. The highest BCUT2D eigenvalue weighted by Gasteiger charge is 2.54. The molecule has 0 spiro atoms. The van der Waals surface area contributed by atoms with Crippen molar-refractivity contribution in [2.24, 2.45) is 11.8 Å². The van der Waals surface area contributed by atoms with E-state index in [-0.39, 0.29) is 11.5 Å². The summed E-state index contributed by atoms with van der Waals surface area (Å²) >= 11 is 0. The van der Waals surface area contributed by atoms with Crippen molar-refractivity contribution < 1.29 is 40.4 Å². The molecule has 0 aromatic heterocycles. The van der Waals surface area contributed by atoms with Crippen LogP contribution in [0.5, 0.6) is 5.75 Å². The Morgan fingerprint density at radius 1 is 1.33 bits per heavy atom. The van der Waals surface area contributed by atoms with Crippen LogP contribution in [0.1, 0.15) is 48.5 Å². The van der Waals surface area contributed by atoms with Gasteiger partial charge in [-0.05, 0) is 62.3 Å². The van der Waals surface area contributed by atoms with E-state index in [1.54, 1.807) is 6.92 Å². The lowest BCUT2D eigenvalue weighted by molar-refractivity contribution is -0.140. The first-order valence-electron chi connectivity index (χ1n) is 9.49. The molecular weight excluding hydrogens is 425 g/mol. The van der Waals surface area contributed by atoms with Crippen molar-refractivity contribution in [2.45, 2.75) is 44.4 Å². The second-order valence-corrected chi connectivity index (χ2v) is 9.48. The van der Waals surface area contributed by atoms with Crippen molar-refractivity contribution >= 4 is 16.1 Å². The van der Waals surface area contributed by atoms with Crippen LogP contribution >= 0.6 is 0 Å². The maximum Gasteiger partial charge on any atom is 0.419 e. The first-order chi connectivity index (χ1) is 13.8. The van der Waals surface area contributed by atoms with Crippen LogP contribution in [0.15, 0.2) is 30.4 Å². The number of fused-ring (bicyclic) bond motifs is 2. The Balaban J connectivity index is 1.90. The fraction of sp³-hybridized carbons (Fsp3) is 0.550. The number of carbonyl (C=O) groups is 1. The summed E-state index contributed by atoms with van der Waals surface area (Å²) < 4.78 is 83.3. The Kier molecular flexibility index (Phi) is 5.94. The van der Waals surface area contributed by atoms with Gasteiger partial charge in [-0.2, -0.15) is 13.2 Å². The quantitative estimate of drug-likeness (QED) is 0.357. The van der Waals surface area contributed by atoms with Gasteiger partial charge in [0.1, 0.15) is 18.0 Å². The molecule has 3 unspecified atom stereocenters. The fourth-order valence-corrected chi connectivity index (χ4v) is 4.79. The number of esters is 1. The molecule has 0 radical (unpaired) electrons. The number of benzene rings is 1. The average Bonchev–Trinajstić information content (AvgIpc) is 3.21. The number of ether oxygens (including phenoxy) is 2. The van der Waals surface area contributed by atoms with E-state index in [2.05, 4.69) is 6.58 Å². The van der Waals surface area contributed by atoms with Gasteiger partial charge in [0, 0.05) is 5.92 Å². The van der Waals surface area contributed by atoms with E-state index in [0.717, 1.165) is 37.5 Å². The second kappa shape index (κ2) is 7.88. The zero-order valence-corrected chi connectivity index (χ0v) is 17.1. The first kappa shape index (κ1) is 22.6. The predicted octanol–water partition coefficient (Wildman–Crippen LogP) is 3.92. The monoisotopic (exact) mass is 447 g/mol. The van der Waals surface area contributed by atoms with Gasteiger partial charge in [-0.3, -0.25) is 0 Å². The first-order valence-corrected chi connectivity index (χ1v) is 11.1.